The largest absolute Gasteiger partial charge is 0.338 e. The van der Waals surface area contributed by atoms with Crippen LogP contribution in [0.2, 0.25) is 0 Å². The van der Waals surface area contributed by atoms with Gasteiger partial charge in [0.1, 0.15) is 0 Å². The Labute approximate surface area is 125 Å². The van der Waals surface area contributed by atoms with Crippen molar-refractivity contribution in [2.45, 2.75) is 25.7 Å². The van der Waals surface area contributed by atoms with Crippen molar-refractivity contribution in [1.82, 2.24) is 14.9 Å². The Bertz CT molecular complexity index is 475. The Morgan fingerprint density at radius 1 is 1.14 bits per heavy atom. The third kappa shape index (κ3) is 3.50. The number of likely N-dealkylation sites (N-methyl/N-ethyl adjacent to an activating group) is 1. The third-order valence-corrected chi connectivity index (χ3v) is 4.42. The number of aromatic nitrogens is 2. The van der Waals surface area contributed by atoms with Crippen molar-refractivity contribution in [1.29, 1.82) is 0 Å². The average Bonchev–Trinajstić information content (AvgIpc) is 3.03. The van der Waals surface area contributed by atoms with Gasteiger partial charge in [-0.1, -0.05) is 12.8 Å². The van der Waals surface area contributed by atoms with Crippen LogP contribution in [0.4, 0.5) is 11.6 Å². The quantitative estimate of drug-likeness (QED) is 0.910. The number of hydrogen-bond donors (Lipinski definition) is 1. The van der Waals surface area contributed by atoms with Gasteiger partial charge in [0.2, 0.25) is 11.9 Å². The number of nitrogens with zero attached hydrogens (tertiary/aromatic N) is 4. The van der Waals surface area contributed by atoms with Gasteiger partial charge in [0.05, 0.1) is 18.1 Å². The Hall–Kier alpha value is -1.69. The first kappa shape index (κ1) is 14.3. The zero-order valence-electron chi connectivity index (χ0n) is 12.6. The van der Waals surface area contributed by atoms with E-state index in [9.17, 15) is 4.79 Å². The summed E-state index contributed by atoms with van der Waals surface area (Å²) in [5, 5.41) is 2.93. The SMILES string of the molecule is CN1CCN(c2ncc(NC(=O)C3CCCC3)cn2)CC1. The molecule has 1 aliphatic carbocycles. The normalized spacial score (nSPS) is 20.7. The van der Waals surface area contributed by atoms with Gasteiger partial charge in [0.15, 0.2) is 0 Å². The number of piperazine rings is 1. The van der Waals surface area contributed by atoms with Gasteiger partial charge in [-0.15, -0.1) is 0 Å². The summed E-state index contributed by atoms with van der Waals surface area (Å²) < 4.78 is 0. The highest BCUT2D eigenvalue weighted by molar-refractivity contribution is 5.92. The Morgan fingerprint density at radius 3 is 2.38 bits per heavy atom. The van der Waals surface area contributed by atoms with Crippen molar-refractivity contribution in [3.8, 4) is 0 Å². The molecule has 1 aliphatic heterocycles. The Kier molecular flexibility index (Phi) is 4.34. The second kappa shape index (κ2) is 6.39. The molecule has 6 nitrogen and oxygen atoms in total. The molecule has 0 radical (unpaired) electrons. The first-order chi connectivity index (χ1) is 10.2. The Morgan fingerprint density at radius 2 is 1.76 bits per heavy atom. The van der Waals surface area contributed by atoms with Gasteiger partial charge in [0.25, 0.3) is 0 Å². The van der Waals surface area contributed by atoms with Gasteiger partial charge in [-0.2, -0.15) is 0 Å². The number of carbonyl (C=O) groups is 1. The van der Waals surface area contributed by atoms with E-state index in [4.69, 9.17) is 0 Å². The first-order valence-electron chi connectivity index (χ1n) is 7.79. The highest BCUT2D eigenvalue weighted by Gasteiger charge is 2.23. The highest BCUT2D eigenvalue weighted by atomic mass is 16.1. The molecule has 0 aromatic carbocycles. The zero-order valence-corrected chi connectivity index (χ0v) is 12.6. The molecule has 1 saturated carbocycles. The molecule has 3 rings (SSSR count). The van der Waals surface area contributed by atoms with Gasteiger partial charge < -0.3 is 15.1 Å². The zero-order chi connectivity index (χ0) is 14.7. The minimum atomic E-state index is 0.114. The van der Waals surface area contributed by atoms with Crippen LogP contribution in [0.15, 0.2) is 12.4 Å². The molecule has 1 amide bonds. The van der Waals surface area contributed by atoms with Gasteiger partial charge in [-0.25, -0.2) is 9.97 Å². The smallest absolute Gasteiger partial charge is 0.227 e. The van der Waals surface area contributed by atoms with E-state index in [0.717, 1.165) is 57.8 Å². The van der Waals surface area contributed by atoms with E-state index in [1.165, 1.54) is 0 Å². The summed E-state index contributed by atoms with van der Waals surface area (Å²) in [6.07, 6.45) is 7.77. The lowest BCUT2D eigenvalue weighted by atomic mass is 10.1. The average molecular weight is 289 g/mol. The van der Waals surface area contributed by atoms with Crippen LogP contribution in [0.25, 0.3) is 0 Å². The summed E-state index contributed by atoms with van der Waals surface area (Å²) in [6, 6.07) is 0. The molecule has 0 bridgehead atoms. The number of amides is 1. The van der Waals surface area contributed by atoms with Crippen molar-refractivity contribution in [3.05, 3.63) is 12.4 Å². The molecule has 21 heavy (non-hydrogen) atoms. The predicted molar refractivity (Wildman–Crippen MR) is 82.3 cm³/mol. The lowest BCUT2D eigenvalue weighted by molar-refractivity contribution is -0.119. The van der Waals surface area contributed by atoms with E-state index >= 15 is 0 Å². The summed E-state index contributed by atoms with van der Waals surface area (Å²) >= 11 is 0. The summed E-state index contributed by atoms with van der Waals surface area (Å²) in [5.41, 5.74) is 0.699. The maximum absolute atomic E-state index is 12.1. The minimum Gasteiger partial charge on any atom is -0.338 e. The molecule has 1 aromatic rings. The van der Waals surface area contributed by atoms with E-state index in [-0.39, 0.29) is 11.8 Å². The third-order valence-electron chi connectivity index (χ3n) is 4.42. The van der Waals surface area contributed by atoms with Crippen LogP contribution < -0.4 is 10.2 Å². The van der Waals surface area contributed by atoms with Crippen LogP contribution in [-0.2, 0) is 4.79 Å². The monoisotopic (exact) mass is 289 g/mol. The van der Waals surface area contributed by atoms with Crippen molar-refractivity contribution >= 4 is 17.5 Å². The van der Waals surface area contributed by atoms with Crippen LogP contribution in [0.5, 0.6) is 0 Å². The number of nitrogens with one attached hydrogen (secondary N) is 1. The molecule has 0 atom stereocenters. The summed E-state index contributed by atoms with van der Waals surface area (Å²) in [4.78, 5) is 25.3. The number of carbonyl (C=O) groups excluding carboxylic acids is 1. The van der Waals surface area contributed by atoms with Crippen LogP contribution in [0.3, 0.4) is 0 Å². The van der Waals surface area contributed by atoms with Gasteiger partial charge >= 0.3 is 0 Å². The topological polar surface area (TPSA) is 61.4 Å². The van der Waals surface area contributed by atoms with Gasteiger partial charge in [0, 0.05) is 32.1 Å². The molecule has 0 spiro atoms. The van der Waals surface area contributed by atoms with E-state index in [1.807, 2.05) is 0 Å². The van der Waals surface area contributed by atoms with Crippen LogP contribution in [0, 0.1) is 5.92 Å². The maximum Gasteiger partial charge on any atom is 0.227 e. The second-order valence-electron chi connectivity index (χ2n) is 6.03. The van der Waals surface area contributed by atoms with E-state index in [2.05, 4.69) is 32.1 Å². The lowest BCUT2D eigenvalue weighted by Gasteiger charge is -2.32. The van der Waals surface area contributed by atoms with E-state index in [1.54, 1.807) is 12.4 Å². The maximum atomic E-state index is 12.1. The molecule has 2 aliphatic rings. The van der Waals surface area contributed by atoms with Crippen molar-refractivity contribution in [2.75, 3.05) is 43.4 Å². The molecule has 1 saturated heterocycles. The number of rotatable bonds is 3. The van der Waals surface area contributed by atoms with Crippen LogP contribution >= 0.6 is 0 Å². The van der Waals surface area contributed by atoms with Crippen molar-refractivity contribution < 1.29 is 4.79 Å². The molecule has 1 N–H and O–H groups in total. The fraction of sp³-hybridized carbons (Fsp3) is 0.667. The van der Waals surface area contributed by atoms with Crippen LogP contribution in [-0.4, -0.2) is 54.0 Å². The van der Waals surface area contributed by atoms with Gasteiger partial charge in [-0.3, -0.25) is 4.79 Å². The second-order valence-corrected chi connectivity index (χ2v) is 6.03. The van der Waals surface area contributed by atoms with E-state index in [0.29, 0.717) is 5.69 Å². The van der Waals surface area contributed by atoms with Crippen molar-refractivity contribution in [2.24, 2.45) is 5.92 Å². The van der Waals surface area contributed by atoms with Crippen molar-refractivity contribution in [3.63, 3.8) is 0 Å². The van der Waals surface area contributed by atoms with Crippen LogP contribution in [0.1, 0.15) is 25.7 Å². The van der Waals surface area contributed by atoms with Gasteiger partial charge in [-0.05, 0) is 19.9 Å². The molecule has 2 heterocycles. The fourth-order valence-corrected chi connectivity index (χ4v) is 2.99. The first-order valence-corrected chi connectivity index (χ1v) is 7.79. The fourth-order valence-electron chi connectivity index (χ4n) is 2.99. The predicted octanol–water partition coefficient (Wildman–Crippen LogP) is 1.36. The molecular formula is C15H23N5O. The number of hydrogen-bond acceptors (Lipinski definition) is 5. The van der Waals surface area contributed by atoms with E-state index < -0.39 is 0 Å². The Balaban J connectivity index is 1.57. The standard InChI is InChI=1S/C15H23N5O/c1-19-6-8-20(9-7-19)15-16-10-13(11-17-15)18-14(21)12-4-2-3-5-12/h10-12H,2-9H2,1H3,(H,18,21). The minimum absolute atomic E-state index is 0.114. The summed E-state index contributed by atoms with van der Waals surface area (Å²) in [6.45, 7) is 3.96. The lowest BCUT2D eigenvalue weighted by Crippen LogP contribution is -2.45. The number of anilines is 2. The molecule has 6 heteroatoms. The molecule has 2 fully saturated rings. The molecule has 114 valence electrons. The highest BCUT2D eigenvalue weighted by Crippen LogP contribution is 2.25. The summed E-state index contributed by atoms with van der Waals surface area (Å²) in [7, 11) is 2.12. The molecule has 1 aromatic heterocycles. The molecule has 0 unspecified atom stereocenters. The molecular weight excluding hydrogens is 266 g/mol. The summed E-state index contributed by atoms with van der Waals surface area (Å²) in [5.74, 6) is 1.03.